The van der Waals surface area contributed by atoms with Crippen LogP contribution in [0.3, 0.4) is 0 Å². The summed E-state index contributed by atoms with van der Waals surface area (Å²) in [5.41, 5.74) is 2.20. The number of carbonyl (C=O) groups excluding carboxylic acids is 1. The summed E-state index contributed by atoms with van der Waals surface area (Å²) in [6.45, 7) is 0.0899. The SMILES string of the molecule is O=C(CCN(Cc1ccc2c(c1)OCO2)S(=O)(=O)c1ccc(Br)s1)NO. The van der Waals surface area contributed by atoms with E-state index in [-0.39, 0.29) is 30.5 Å². The van der Waals surface area contributed by atoms with Crippen molar-refractivity contribution in [2.75, 3.05) is 13.3 Å². The van der Waals surface area contributed by atoms with Gasteiger partial charge in [-0.05, 0) is 45.8 Å². The minimum atomic E-state index is -3.81. The highest BCUT2D eigenvalue weighted by molar-refractivity contribution is 9.11. The topological polar surface area (TPSA) is 105 Å². The van der Waals surface area contributed by atoms with Crippen molar-refractivity contribution >= 4 is 43.2 Å². The highest BCUT2D eigenvalue weighted by atomic mass is 79.9. The molecule has 1 aromatic carbocycles. The Balaban J connectivity index is 1.86. The van der Waals surface area contributed by atoms with Crippen molar-refractivity contribution in [1.29, 1.82) is 0 Å². The van der Waals surface area contributed by atoms with Crippen molar-refractivity contribution in [1.82, 2.24) is 9.79 Å². The molecule has 0 atom stereocenters. The molecule has 0 bridgehead atoms. The molecule has 0 spiro atoms. The van der Waals surface area contributed by atoms with E-state index in [0.717, 1.165) is 11.3 Å². The zero-order valence-electron chi connectivity index (χ0n) is 13.3. The van der Waals surface area contributed by atoms with Gasteiger partial charge in [-0.3, -0.25) is 10.0 Å². The zero-order chi connectivity index (χ0) is 18.7. The van der Waals surface area contributed by atoms with E-state index in [1.54, 1.807) is 24.3 Å². The summed E-state index contributed by atoms with van der Waals surface area (Å²) < 4.78 is 38.5. The molecule has 2 aromatic rings. The number of nitrogens with zero attached hydrogens (tertiary/aromatic N) is 1. The lowest BCUT2D eigenvalue weighted by molar-refractivity contribution is -0.129. The number of halogens is 1. The van der Waals surface area contributed by atoms with Gasteiger partial charge < -0.3 is 9.47 Å². The number of hydrogen-bond acceptors (Lipinski definition) is 7. The number of benzene rings is 1. The first kappa shape index (κ1) is 19.1. The lowest BCUT2D eigenvalue weighted by atomic mass is 10.2. The van der Waals surface area contributed by atoms with Gasteiger partial charge in [-0.1, -0.05) is 6.07 Å². The molecule has 0 fully saturated rings. The fourth-order valence-electron chi connectivity index (χ4n) is 2.37. The van der Waals surface area contributed by atoms with E-state index in [9.17, 15) is 13.2 Å². The van der Waals surface area contributed by atoms with Crippen LogP contribution in [0.4, 0.5) is 0 Å². The number of hydrogen-bond donors (Lipinski definition) is 2. The van der Waals surface area contributed by atoms with E-state index >= 15 is 0 Å². The molecule has 11 heteroatoms. The molecule has 2 heterocycles. The van der Waals surface area contributed by atoms with Gasteiger partial charge in [-0.25, -0.2) is 13.9 Å². The minimum absolute atomic E-state index is 0.0488. The number of carbonyl (C=O) groups is 1. The van der Waals surface area contributed by atoms with E-state index in [4.69, 9.17) is 14.7 Å². The molecule has 0 radical (unpaired) electrons. The molecule has 26 heavy (non-hydrogen) atoms. The summed E-state index contributed by atoms with van der Waals surface area (Å²) >= 11 is 4.34. The van der Waals surface area contributed by atoms with Crippen LogP contribution in [0.25, 0.3) is 0 Å². The maximum absolute atomic E-state index is 13.0. The van der Waals surface area contributed by atoms with Crippen LogP contribution in [0, 0.1) is 0 Å². The second-order valence-electron chi connectivity index (χ2n) is 5.37. The summed E-state index contributed by atoms with van der Waals surface area (Å²) in [5.74, 6) is 0.486. The average molecular weight is 463 g/mol. The van der Waals surface area contributed by atoms with Crippen molar-refractivity contribution in [3.63, 3.8) is 0 Å². The number of ether oxygens (including phenoxy) is 2. The summed E-state index contributed by atoms with van der Waals surface area (Å²) in [6.07, 6.45) is -0.174. The van der Waals surface area contributed by atoms with Gasteiger partial charge in [-0.15, -0.1) is 11.3 Å². The van der Waals surface area contributed by atoms with Gasteiger partial charge in [0.1, 0.15) is 4.21 Å². The summed E-state index contributed by atoms with van der Waals surface area (Å²) in [7, 11) is -3.81. The van der Waals surface area contributed by atoms with Gasteiger partial charge in [0, 0.05) is 19.5 Å². The molecule has 0 aliphatic carbocycles. The molecule has 140 valence electrons. The quantitative estimate of drug-likeness (QED) is 0.483. The number of rotatable bonds is 7. The average Bonchev–Trinajstić information content (AvgIpc) is 3.26. The number of thiophene rings is 1. The van der Waals surface area contributed by atoms with E-state index in [1.807, 2.05) is 0 Å². The number of fused-ring (bicyclic) bond motifs is 1. The van der Waals surface area contributed by atoms with E-state index < -0.39 is 15.9 Å². The van der Waals surface area contributed by atoms with Gasteiger partial charge in [0.15, 0.2) is 11.5 Å². The van der Waals surface area contributed by atoms with Crippen LogP contribution in [0.15, 0.2) is 38.3 Å². The van der Waals surface area contributed by atoms with Crippen molar-refractivity contribution < 1.29 is 27.9 Å². The van der Waals surface area contributed by atoms with Crippen LogP contribution in [0.1, 0.15) is 12.0 Å². The van der Waals surface area contributed by atoms with Crippen LogP contribution in [-0.4, -0.2) is 37.2 Å². The van der Waals surface area contributed by atoms with Crippen LogP contribution in [0.5, 0.6) is 11.5 Å². The number of sulfonamides is 1. The second kappa shape index (κ2) is 7.92. The van der Waals surface area contributed by atoms with Crippen LogP contribution in [0.2, 0.25) is 0 Å². The normalized spacial score (nSPS) is 13.2. The molecule has 8 nitrogen and oxygen atoms in total. The molecule has 1 aliphatic rings. The van der Waals surface area contributed by atoms with Gasteiger partial charge in [-0.2, -0.15) is 4.31 Å². The maximum atomic E-state index is 13.0. The van der Waals surface area contributed by atoms with Crippen LogP contribution in [-0.2, 0) is 21.4 Å². The number of amides is 1. The largest absolute Gasteiger partial charge is 0.454 e. The van der Waals surface area contributed by atoms with E-state index in [1.165, 1.54) is 15.9 Å². The Kier molecular flexibility index (Phi) is 5.82. The fourth-order valence-corrected chi connectivity index (χ4v) is 5.97. The molecule has 3 rings (SSSR count). The first-order chi connectivity index (χ1) is 12.4. The van der Waals surface area contributed by atoms with Crippen LogP contribution >= 0.6 is 27.3 Å². The Morgan fingerprint density at radius 2 is 2.04 bits per heavy atom. The Bertz CT molecular complexity index is 915. The standard InChI is InChI=1S/C15H15BrN2O6S2/c16-13-3-4-15(25-13)26(21,22)18(6-5-14(19)17-20)8-10-1-2-11-12(7-10)24-9-23-11/h1-4,7,20H,5-6,8-9H2,(H,17,19). The minimum Gasteiger partial charge on any atom is -0.454 e. The smallest absolute Gasteiger partial charge is 0.252 e. The maximum Gasteiger partial charge on any atom is 0.252 e. The zero-order valence-corrected chi connectivity index (χ0v) is 16.6. The van der Waals surface area contributed by atoms with Crippen LogP contribution < -0.4 is 15.0 Å². The lowest BCUT2D eigenvalue weighted by Gasteiger charge is -2.21. The van der Waals surface area contributed by atoms with Crippen molar-refractivity contribution in [2.45, 2.75) is 17.2 Å². The Labute approximate surface area is 162 Å². The fraction of sp³-hybridized carbons (Fsp3) is 0.267. The molecule has 0 saturated heterocycles. The molecule has 1 amide bonds. The molecule has 1 aliphatic heterocycles. The van der Waals surface area contributed by atoms with Gasteiger partial charge in [0.25, 0.3) is 10.0 Å². The van der Waals surface area contributed by atoms with E-state index in [2.05, 4.69) is 15.9 Å². The summed E-state index contributed by atoms with van der Waals surface area (Å²) in [6, 6.07) is 8.32. The lowest BCUT2D eigenvalue weighted by Crippen LogP contribution is -2.34. The van der Waals surface area contributed by atoms with Crippen molar-refractivity contribution in [3.8, 4) is 11.5 Å². The molecule has 0 saturated carbocycles. The summed E-state index contributed by atoms with van der Waals surface area (Å²) in [4.78, 5) is 11.4. The number of nitrogens with one attached hydrogen (secondary N) is 1. The highest BCUT2D eigenvalue weighted by Gasteiger charge is 2.27. The number of hydroxylamine groups is 1. The molecular weight excluding hydrogens is 448 g/mol. The third kappa shape index (κ3) is 4.18. The predicted octanol–water partition coefficient (Wildman–Crippen LogP) is 2.33. The van der Waals surface area contributed by atoms with E-state index in [0.29, 0.717) is 20.8 Å². The Hall–Kier alpha value is -1.66. The first-order valence-corrected chi connectivity index (χ1v) is 10.5. The van der Waals surface area contributed by atoms with Gasteiger partial charge in [0.05, 0.1) is 3.79 Å². The van der Waals surface area contributed by atoms with Crippen molar-refractivity contribution in [2.24, 2.45) is 0 Å². The Morgan fingerprint density at radius 3 is 2.73 bits per heavy atom. The molecule has 2 N–H and O–H groups in total. The Morgan fingerprint density at radius 1 is 1.27 bits per heavy atom. The third-order valence-electron chi connectivity index (χ3n) is 3.65. The second-order valence-corrected chi connectivity index (χ2v) is 10.00. The molecular formula is C15H15BrN2O6S2. The van der Waals surface area contributed by atoms with Gasteiger partial charge in [0.2, 0.25) is 12.7 Å². The first-order valence-electron chi connectivity index (χ1n) is 7.47. The highest BCUT2D eigenvalue weighted by Crippen LogP contribution is 2.34. The molecule has 1 aromatic heterocycles. The third-order valence-corrected chi connectivity index (χ3v) is 7.59. The predicted molar refractivity (Wildman–Crippen MR) is 96.7 cm³/mol. The molecule has 0 unspecified atom stereocenters. The van der Waals surface area contributed by atoms with Crippen molar-refractivity contribution in [3.05, 3.63) is 39.7 Å². The summed E-state index contributed by atoms with van der Waals surface area (Å²) in [5, 5.41) is 8.66. The monoisotopic (exact) mass is 462 g/mol. The van der Waals surface area contributed by atoms with Gasteiger partial charge >= 0.3 is 0 Å².